The molecule has 2 rings (SSSR count). The molecule has 2 nitrogen and oxygen atoms in total. The van der Waals surface area contributed by atoms with Crippen LogP contribution in [0.4, 0.5) is 0 Å². The molecule has 0 saturated heterocycles. The van der Waals surface area contributed by atoms with Crippen molar-refractivity contribution in [3.63, 3.8) is 0 Å². The van der Waals surface area contributed by atoms with Crippen molar-refractivity contribution in [1.82, 2.24) is 5.32 Å². The van der Waals surface area contributed by atoms with Crippen LogP contribution in [-0.2, 0) is 0 Å². The zero-order chi connectivity index (χ0) is 14.6. The molecule has 2 N–H and O–H groups in total. The first-order chi connectivity index (χ1) is 9.44. The molecule has 0 aromatic heterocycles. The van der Waals surface area contributed by atoms with Gasteiger partial charge in [0.25, 0.3) is 0 Å². The van der Waals surface area contributed by atoms with Crippen LogP contribution in [0.25, 0.3) is 0 Å². The molecule has 1 aromatic rings. The predicted octanol–water partition coefficient (Wildman–Crippen LogP) is 3.91. The second-order valence-electron chi connectivity index (χ2n) is 7.47. The molecule has 2 heteroatoms. The third-order valence-electron chi connectivity index (χ3n) is 4.18. The Kier molecular flexibility index (Phi) is 5.22. The highest BCUT2D eigenvalue weighted by Gasteiger charge is 2.25. The molecule has 3 atom stereocenters. The van der Waals surface area contributed by atoms with Gasteiger partial charge in [-0.2, -0.15) is 0 Å². The fourth-order valence-corrected chi connectivity index (χ4v) is 3.15. The summed E-state index contributed by atoms with van der Waals surface area (Å²) < 4.78 is 0. The van der Waals surface area contributed by atoms with E-state index in [-0.39, 0.29) is 6.10 Å². The van der Waals surface area contributed by atoms with Crippen molar-refractivity contribution in [1.29, 1.82) is 0 Å². The highest BCUT2D eigenvalue weighted by Crippen LogP contribution is 2.31. The Hall–Kier alpha value is -0.860. The number of benzene rings is 1. The van der Waals surface area contributed by atoms with Gasteiger partial charge in [-0.05, 0) is 49.1 Å². The maximum absolute atomic E-state index is 9.64. The maximum atomic E-state index is 9.64. The summed E-state index contributed by atoms with van der Waals surface area (Å²) in [6, 6.07) is 11.1. The second-order valence-corrected chi connectivity index (χ2v) is 7.47. The van der Waals surface area contributed by atoms with E-state index in [0.29, 0.717) is 17.4 Å². The number of rotatable bonds is 5. The summed E-state index contributed by atoms with van der Waals surface area (Å²) in [5.41, 5.74) is 1.68. The summed E-state index contributed by atoms with van der Waals surface area (Å²) >= 11 is 0. The summed E-state index contributed by atoms with van der Waals surface area (Å²) in [6.45, 7) is 7.91. The van der Waals surface area contributed by atoms with Crippen LogP contribution < -0.4 is 5.32 Å². The van der Waals surface area contributed by atoms with Gasteiger partial charge in [-0.3, -0.25) is 0 Å². The molecular formula is C18H29NO. The number of hydrogen-bond acceptors (Lipinski definition) is 2. The molecule has 112 valence electrons. The lowest BCUT2D eigenvalue weighted by Gasteiger charge is -2.28. The van der Waals surface area contributed by atoms with E-state index in [1.165, 1.54) is 5.56 Å². The van der Waals surface area contributed by atoms with Crippen molar-refractivity contribution < 1.29 is 5.11 Å². The van der Waals surface area contributed by atoms with Crippen LogP contribution in [0.3, 0.4) is 0 Å². The normalized spacial score (nSPS) is 24.8. The van der Waals surface area contributed by atoms with Crippen molar-refractivity contribution in [2.45, 2.75) is 58.6 Å². The van der Waals surface area contributed by atoms with Gasteiger partial charge in [0.15, 0.2) is 0 Å². The molecule has 0 bridgehead atoms. The largest absolute Gasteiger partial charge is 0.393 e. The van der Waals surface area contributed by atoms with Gasteiger partial charge in [0.2, 0.25) is 0 Å². The summed E-state index contributed by atoms with van der Waals surface area (Å²) in [7, 11) is 0. The highest BCUT2D eigenvalue weighted by molar-refractivity contribution is 5.19. The first kappa shape index (κ1) is 15.5. The molecule has 3 unspecified atom stereocenters. The maximum Gasteiger partial charge on any atom is 0.0543 e. The van der Waals surface area contributed by atoms with Crippen LogP contribution in [0.2, 0.25) is 0 Å². The molecule has 0 heterocycles. The third kappa shape index (κ3) is 4.92. The highest BCUT2D eigenvalue weighted by atomic mass is 16.3. The summed E-state index contributed by atoms with van der Waals surface area (Å²) in [5, 5.41) is 13.4. The average Bonchev–Trinajstić information content (AvgIpc) is 2.80. The standard InChI is InChI=1S/C18H29NO/c1-18(2,3)12-17(15-7-5-4-6-8-15)19-13-14-9-10-16(20)11-14/h4-8,14,16-17,19-20H,9-13H2,1-3H3. The lowest BCUT2D eigenvalue weighted by molar-refractivity contribution is 0.176. The summed E-state index contributed by atoms with van der Waals surface area (Å²) in [5.74, 6) is 0.635. The van der Waals surface area contributed by atoms with E-state index in [2.05, 4.69) is 56.4 Å². The van der Waals surface area contributed by atoms with E-state index in [9.17, 15) is 5.11 Å². The fourth-order valence-electron chi connectivity index (χ4n) is 3.15. The minimum Gasteiger partial charge on any atom is -0.393 e. The monoisotopic (exact) mass is 275 g/mol. The first-order valence-electron chi connectivity index (χ1n) is 7.90. The van der Waals surface area contributed by atoms with Crippen LogP contribution in [-0.4, -0.2) is 17.8 Å². The van der Waals surface area contributed by atoms with E-state index in [1.54, 1.807) is 0 Å². The lowest BCUT2D eigenvalue weighted by Crippen LogP contribution is -2.29. The quantitative estimate of drug-likeness (QED) is 0.854. The van der Waals surface area contributed by atoms with Gasteiger partial charge < -0.3 is 10.4 Å². The molecular weight excluding hydrogens is 246 g/mol. The van der Waals surface area contributed by atoms with Gasteiger partial charge in [-0.1, -0.05) is 51.1 Å². The van der Waals surface area contributed by atoms with Crippen LogP contribution in [0.5, 0.6) is 0 Å². The molecule has 0 spiro atoms. The second kappa shape index (κ2) is 6.73. The van der Waals surface area contributed by atoms with Crippen molar-refractivity contribution in [3.8, 4) is 0 Å². The Balaban J connectivity index is 1.96. The number of nitrogens with one attached hydrogen (secondary N) is 1. The topological polar surface area (TPSA) is 32.3 Å². The molecule has 0 amide bonds. The molecule has 1 aliphatic rings. The number of hydrogen-bond donors (Lipinski definition) is 2. The first-order valence-corrected chi connectivity index (χ1v) is 7.90. The van der Waals surface area contributed by atoms with Crippen molar-refractivity contribution in [3.05, 3.63) is 35.9 Å². The van der Waals surface area contributed by atoms with Crippen molar-refractivity contribution in [2.24, 2.45) is 11.3 Å². The Morgan fingerprint density at radius 3 is 2.45 bits per heavy atom. The smallest absolute Gasteiger partial charge is 0.0543 e. The molecule has 1 saturated carbocycles. The molecule has 0 aliphatic heterocycles. The van der Waals surface area contributed by atoms with E-state index in [1.807, 2.05) is 0 Å². The summed E-state index contributed by atoms with van der Waals surface area (Å²) in [6.07, 6.45) is 4.16. The third-order valence-corrected chi connectivity index (χ3v) is 4.18. The lowest BCUT2D eigenvalue weighted by atomic mass is 9.85. The molecule has 1 aromatic carbocycles. The SMILES string of the molecule is CC(C)(C)CC(NCC1CCC(O)C1)c1ccccc1. The van der Waals surface area contributed by atoms with E-state index < -0.39 is 0 Å². The van der Waals surface area contributed by atoms with Gasteiger partial charge in [0, 0.05) is 6.04 Å². The minimum atomic E-state index is -0.0698. The van der Waals surface area contributed by atoms with Gasteiger partial charge in [0.05, 0.1) is 6.10 Å². The Morgan fingerprint density at radius 1 is 1.20 bits per heavy atom. The molecule has 1 aliphatic carbocycles. The summed E-state index contributed by atoms with van der Waals surface area (Å²) in [4.78, 5) is 0. The van der Waals surface area contributed by atoms with E-state index in [4.69, 9.17) is 0 Å². The minimum absolute atomic E-state index is 0.0698. The van der Waals surface area contributed by atoms with Gasteiger partial charge in [0.1, 0.15) is 0 Å². The molecule has 0 radical (unpaired) electrons. The molecule has 20 heavy (non-hydrogen) atoms. The Labute approximate surface area is 123 Å². The zero-order valence-electron chi connectivity index (χ0n) is 13.1. The van der Waals surface area contributed by atoms with E-state index >= 15 is 0 Å². The predicted molar refractivity (Wildman–Crippen MR) is 84.6 cm³/mol. The molecule has 1 fully saturated rings. The van der Waals surface area contributed by atoms with Crippen molar-refractivity contribution in [2.75, 3.05) is 6.54 Å². The van der Waals surface area contributed by atoms with Crippen LogP contribution in [0, 0.1) is 11.3 Å². The van der Waals surface area contributed by atoms with Gasteiger partial charge in [-0.15, -0.1) is 0 Å². The fraction of sp³-hybridized carbons (Fsp3) is 0.667. The van der Waals surface area contributed by atoms with Gasteiger partial charge in [-0.25, -0.2) is 0 Å². The van der Waals surface area contributed by atoms with Crippen LogP contribution in [0.15, 0.2) is 30.3 Å². The van der Waals surface area contributed by atoms with E-state index in [0.717, 1.165) is 32.2 Å². The van der Waals surface area contributed by atoms with Crippen LogP contribution in [0.1, 0.15) is 58.1 Å². The van der Waals surface area contributed by atoms with Crippen LogP contribution >= 0.6 is 0 Å². The Bertz CT molecular complexity index is 396. The Morgan fingerprint density at radius 2 is 1.90 bits per heavy atom. The van der Waals surface area contributed by atoms with Crippen molar-refractivity contribution >= 4 is 0 Å². The zero-order valence-corrected chi connectivity index (χ0v) is 13.1. The number of aliphatic hydroxyl groups is 1. The van der Waals surface area contributed by atoms with Gasteiger partial charge >= 0.3 is 0 Å². The number of aliphatic hydroxyl groups excluding tert-OH is 1. The average molecular weight is 275 g/mol.